The number of amides is 2. The number of nitrogens with one attached hydrogen (secondary N) is 2. The van der Waals surface area contributed by atoms with Gasteiger partial charge in [0.05, 0.1) is 25.8 Å². The Bertz CT molecular complexity index is 1010. The van der Waals surface area contributed by atoms with Crippen molar-refractivity contribution in [2.24, 2.45) is 0 Å². The van der Waals surface area contributed by atoms with Crippen LogP contribution in [0.1, 0.15) is 29.3 Å². The quantitative estimate of drug-likeness (QED) is 0.414. The highest BCUT2D eigenvalue weighted by molar-refractivity contribution is 6.32. The summed E-state index contributed by atoms with van der Waals surface area (Å²) in [6.07, 6.45) is 3.75. The monoisotopic (exact) mass is 460 g/mol. The summed E-state index contributed by atoms with van der Waals surface area (Å²) in [5, 5.41) is 5.49. The number of carbonyl (C=O) groups is 3. The van der Waals surface area contributed by atoms with Crippen molar-refractivity contribution in [3.63, 3.8) is 0 Å². The van der Waals surface area contributed by atoms with Gasteiger partial charge in [-0.25, -0.2) is 0 Å². The van der Waals surface area contributed by atoms with Gasteiger partial charge in [0.1, 0.15) is 6.54 Å². The Morgan fingerprint density at radius 2 is 1.91 bits per heavy atom. The molecule has 0 aliphatic heterocycles. The summed E-state index contributed by atoms with van der Waals surface area (Å²) in [7, 11) is 2.75. The van der Waals surface area contributed by atoms with Crippen molar-refractivity contribution < 1.29 is 28.6 Å². The number of hydrogen-bond donors (Lipinski definition) is 2. The zero-order valence-corrected chi connectivity index (χ0v) is 18.8. The maximum atomic E-state index is 12.3. The number of benzene rings is 2. The van der Waals surface area contributed by atoms with Crippen LogP contribution in [0.2, 0.25) is 5.02 Å². The minimum Gasteiger partial charge on any atom is -0.493 e. The molecule has 32 heavy (non-hydrogen) atoms. The van der Waals surface area contributed by atoms with Crippen LogP contribution in [-0.2, 0) is 14.3 Å². The van der Waals surface area contributed by atoms with E-state index in [1.165, 1.54) is 26.4 Å². The Morgan fingerprint density at radius 3 is 2.59 bits per heavy atom. The number of esters is 1. The highest BCUT2D eigenvalue weighted by Gasteiger charge is 2.12. The zero-order valence-electron chi connectivity index (χ0n) is 18.1. The molecule has 2 aromatic carbocycles. The van der Waals surface area contributed by atoms with Crippen molar-refractivity contribution in [1.82, 2.24) is 5.32 Å². The first-order valence-electron chi connectivity index (χ1n) is 9.82. The molecule has 0 saturated carbocycles. The molecule has 0 spiro atoms. The third-order valence-electron chi connectivity index (χ3n) is 4.14. The third kappa shape index (κ3) is 7.31. The van der Waals surface area contributed by atoms with Crippen LogP contribution in [0.4, 0.5) is 5.69 Å². The van der Waals surface area contributed by atoms with E-state index in [1.54, 1.807) is 36.4 Å². The molecule has 0 fully saturated rings. The topological polar surface area (TPSA) is 103 Å². The number of carbonyl (C=O) groups excluding carboxylic acids is 3. The van der Waals surface area contributed by atoms with Gasteiger partial charge in [0.15, 0.2) is 11.5 Å². The van der Waals surface area contributed by atoms with E-state index < -0.39 is 17.8 Å². The van der Waals surface area contributed by atoms with E-state index in [4.69, 9.17) is 21.1 Å². The third-order valence-corrected chi connectivity index (χ3v) is 4.42. The largest absolute Gasteiger partial charge is 0.493 e. The predicted octanol–water partition coefficient (Wildman–Crippen LogP) is 3.69. The SMILES string of the molecule is CCCOc1c(Cl)cc(C=CC(=O)Nc2cccc(C(=O)NCC(=O)OC)c2)cc1OC. The van der Waals surface area contributed by atoms with Crippen molar-refractivity contribution in [2.45, 2.75) is 13.3 Å². The molecule has 2 amide bonds. The minimum atomic E-state index is -0.561. The van der Waals surface area contributed by atoms with E-state index in [-0.39, 0.29) is 12.1 Å². The molecule has 2 N–H and O–H groups in total. The number of ether oxygens (including phenoxy) is 3. The van der Waals surface area contributed by atoms with Crippen molar-refractivity contribution in [2.75, 3.05) is 32.7 Å². The number of methoxy groups -OCH3 is 2. The van der Waals surface area contributed by atoms with E-state index in [9.17, 15) is 14.4 Å². The molecule has 0 radical (unpaired) electrons. The summed E-state index contributed by atoms with van der Waals surface area (Å²) in [5.74, 6) is -0.501. The lowest BCUT2D eigenvalue weighted by Gasteiger charge is -2.12. The molecule has 0 atom stereocenters. The summed E-state index contributed by atoms with van der Waals surface area (Å²) in [5.41, 5.74) is 1.36. The molecule has 0 aromatic heterocycles. The molecule has 9 heteroatoms. The van der Waals surface area contributed by atoms with E-state index in [1.807, 2.05) is 6.92 Å². The molecule has 0 heterocycles. The normalized spacial score (nSPS) is 10.5. The second-order valence-corrected chi connectivity index (χ2v) is 6.95. The average Bonchev–Trinajstić information content (AvgIpc) is 2.80. The standard InChI is InChI=1S/C23H25ClN2O6/c1-4-10-32-22-18(24)11-15(12-19(22)30-2)8-9-20(27)26-17-7-5-6-16(13-17)23(29)25-14-21(28)31-3/h5-9,11-13H,4,10,14H2,1-3H3,(H,25,29)(H,26,27). The maximum absolute atomic E-state index is 12.3. The Hall–Kier alpha value is -3.52. The molecule has 0 unspecified atom stereocenters. The van der Waals surface area contributed by atoms with Crippen LogP contribution in [0.5, 0.6) is 11.5 Å². The van der Waals surface area contributed by atoms with Crippen LogP contribution in [0.15, 0.2) is 42.5 Å². The minimum absolute atomic E-state index is 0.247. The summed E-state index contributed by atoms with van der Waals surface area (Å²) in [4.78, 5) is 35.6. The lowest BCUT2D eigenvalue weighted by molar-refractivity contribution is -0.139. The van der Waals surface area contributed by atoms with Gasteiger partial charge in [0, 0.05) is 17.3 Å². The van der Waals surface area contributed by atoms with Crippen molar-refractivity contribution in [3.05, 3.63) is 58.6 Å². The smallest absolute Gasteiger partial charge is 0.325 e. The Kier molecular flexibility index (Phi) is 9.56. The summed E-state index contributed by atoms with van der Waals surface area (Å²) in [6, 6.07) is 9.71. The summed E-state index contributed by atoms with van der Waals surface area (Å²) >= 11 is 6.29. The summed E-state index contributed by atoms with van der Waals surface area (Å²) in [6.45, 7) is 2.25. The number of halogens is 1. The molecule has 0 saturated heterocycles. The fraction of sp³-hybridized carbons (Fsp3) is 0.261. The molecular formula is C23H25ClN2O6. The van der Waals surface area contributed by atoms with Crippen LogP contribution < -0.4 is 20.1 Å². The van der Waals surface area contributed by atoms with Gasteiger partial charge in [0.25, 0.3) is 5.91 Å². The predicted molar refractivity (Wildman–Crippen MR) is 122 cm³/mol. The van der Waals surface area contributed by atoms with Gasteiger partial charge in [0.2, 0.25) is 5.91 Å². The average molecular weight is 461 g/mol. The van der Waals surface area contributed by atoms with Gasteiger partial charge in [-0.3, -0.25) is 14.4 Å². The lowest BCUT2D eigenvalue weighted by Crippen LogP contribution is -2.30. The fourth-order valence-electron chi connectivity index (χ4n) is 2.60. The van der Waals surface area contributed by atoms with Gasteiger partial charge >= 0.3 is 5.97 Å². The molecular weight excluding hydrogens is 436 g/mol. The van der Waals surface area contributed by atoms with Crippen molar-refractivity contribution >= 4 is 41.1 Å². The first kappa shape index (κ1) is 24.7. The van der Waals surface area contributed by atoms with E-state index in [0.29, 0.717) is 34.4 Å². The van der Waals surface area contributed by atoms with Crippen molar-refractivity contribution in [1.29, 1.82) is 0 Å². The van der Waals surface area contributed by atoms with Crippen LogP contribution in [0, 0.1) is 0 Å². The highest BCUT2D eigenvalue weighted by atomic mass is 35.5. The molecule has 0 aliphatic carbocycles. The van der Waals surface area contributed by atoms with Gasteiger partial charge in [-0.1, -0.05) is 24.6 Å². The number of rotatable bonds is 10. The van der Waals surface area contributed by atoms with Gasteiger partial charge < -0.3 is 24.8 Å². The Balaban J connectivity index is 2.05. The molecule has 0 aliphatic rings. The van der Waals surface area contributed by atoms with E-state index in [0.717, 1.165) is 6.42 Å². The zero-order chi connectivity index (χ0) is 23.5. The van der Waals surface area contributed by atoms with Gasteiger partial charge in [-0.2, -0.15) is 0 Å². The van der Waals surface area contributed by atoms with Crippen molar-refractivity contribution in [3.8, 4) is 11.5 Å². The molecule has 2 aromatic rings. The summed E-state index contributed by atoms with van der Waals surface area (Å²) < 4.78 is 15.4. The van der Waals surface area contributed by atoms with Gasteiger partial charge in [-0.15, -0.1) is 0 Å². The van der Waals surface area contributed by atoms with Gasteiger partial charge in [-0.05, 0) is 48.4 Å². The fourth-order valence-corrected chi connectivity index (χ4v) is 2.87. The van der Waals surface area contributed by atoms with E-state index >= 15 is 0 Å². The highest BCUT2D eigenvalue weighted by Crippen LogP contribution is 2.36. The Labute approximate surface area is 191 Å². The second kappa shape index (κ2) is 12.4. The molecule has 170 valence electrons. The number of hydrogen-bond acceptors (Lipinski definition) is 6. The second-order valence-electron chi connectivity index (χ2n) is 6.54. The molecule has 2 rings (SSSR count). The molecule has 0 bridgehead atoms. The maximum Gasteiger partial charge on any atom is 0.325 e. The van der Waals surface area contributed by atoms with Crippen LogP contribution in [0.25, 0.3) is 6.08 Å². The van der Waals surface area contributed by atoms with Crippen LogP contribution in [-0.4, -0.2) is 45.2 Å². The lowest BCUT2D eigenvalue weighted by atomic mass is 10.1. The first-order chi connectivity index (χ1) is 15.4. The van der Waals surface area contributed by atoms with Crippen LogP contribution >= 0.6 is 11.6 Å². The number of anilines is 1. The first-order valence-corrected chi connectivity index (χ1v) is 10.2. The van der Waals surface area contributed by atoms with Crippen LogP contribution in [0.3, 0.4) is 0 Å². The van der Waals surface area contributed by atoms with E-state index in [2.05, 4.69) is 15.4 Å². The molecule has 8 nitrogen and oxygen atoms in total. The Morgan fingerprint density at radius 1 is 1.12 bits per heavy atom.